The Hall–Kier alpha value is -0.650. The van der Waals surface area contributed by atoms with Crippen LogP contribution in [0.4, 0.5) is 0 Å². The molecule has 5 nitrogen and oxygen atoms in total. The smallest absolute Gasteiger partial charge is 0.320 e. The highest BCUT2D eigenvalue weighted by Crippen LogP contribution is 2.21. The van der Waals surface area contributed by atoms with Crippen molar-refractivity contribution in [1.29, 1.82) is 0 Å². The number of hydrogen-bond acceptors (Lipinski definition) is 4. The predicted molar refractivity (Wildman–Crippen MR) is 50.0 cm³/mol. The molecule has 5 heteroatoms. The third-order valence-electron chi connectivity index (χ3n) is 2.09. The van der Waals surface area contributed by atoms with E-state index in [0.29, 0.717) is 13.2 Å². The van der Waals surface area contributed by atoms with Gasteiger partial charge in [-0.1, -0.05) is 0 Å². The van der Waals surface area contributed by atoms with Crippen molar-refractivity contribution in [3.8, 4) is 0 Å². The molecular weight excluding hydrogens is 186 g/mol. The van der Waals surface area contributed by atoms with Crippen LogP contribution >= 0.6 is 0 Å². The number of aliphatic carboxylic acids is 1. The van der Waals surface area contributed by atoms with E-state index in [0.717, 1.165) is 0 Å². The van der Waals surface area contributed by atoms with E-state index in [1.54, 1.807) is 6.92 Å². The second kappa shape index (κ2) is 4.25. The maximum atomic E-state index is 10.5. The van der Waals surface area contributed by atoms with Crippen molar-refractivity contribution < 1.29 is 19.4 Å². The van der Waals surface area contributed by atoms with Crippen molar-refractivity contribution in [3.05, 3.63) is 0 Å². The second-order valence-electron chi connectivity index (χ2n) is 3.92. The minimum Gasteiger partial charge on any atom is -0.480 e. The summed E-state index contributed by atoms with van der Waals surface area (Å²) >= 11 is 0. The molecule has 2 unspecified atom stereocenters. The standard InChI is InChI=1S/C9H17NO4/c1-6(8(11)12)10-4-7-5-13-9(2,3)14-7/h6-7,10H,4-5H2,1-3H3,(H,11,12). The number of ether oxygens (including phenoxy) is 2. The fourth-order valence-corrected chi connectivity index (χ4v) is 1.26. The van der Waals surface area contributed by atoms with Gasteiger partial charge in [0, 0.05) is 6.54 Å². The maximum absolute atomic E-state index is 10.5. The van der Waals surface area contributed by atoms with Crippen LogP contribution in [0, 0.1) is 0 Å². The first-order valence-electron chi connectivity index (χ1n) is 4.69. The lowest BCUT2D eigenvalue weighted by atomic mass is 10.3. The summed E-state index contributed by atoms with van der Waals surface area (Å²) in [7, 11) is 0. The van der Waals surface area contributed by atoms with E-state index in [4.69, 9.17) is 14.6 Å². The normalized spacial score (nSPS) is 27.5. The summed E-state index contributed by atoms with van der Waals surface area (Å²) in [5.41, 5.74) is 0. The zero-order valence-electron chi connectivity index (χ0n) is 8.74. The molecule has 0 aromatic rings. The van der Waals surface area contributed by atoms with Gasteiger partial charge in [0.2, 0.25) is 0 Å². The number of carboxylic acid groups (broad SMARTS) is 1. The SMILES string of the molecule is CC(NCC1COC(C)(C)O1)C(=O)O. The lowest BCUT2D eigenvalue weighted by Gasteiger charge is -2.18. The molecule has 0 radical (unpaired) electrons. The van der Waals surface area contributed by atoms with Crippen LogP contribution in [-0.2, 0) is 14.3 Å². The zero-order valence-corrected chi connectivity index (χ0v) is 8.74. The van der Waals surface area contributed by atoms with Crippen LogP contribution in [-0.4, -0.2) is 42.2 Å². The van der Waals surface area contributed by atoms with Crippen molar-refractivity contribution in [2.45, 2.75) is 38.7 Å². The van der Waals surface area contributed by atoms with Gasteiger partial charge in [0.15, 0.2) is 5.79 Å². The molecule has 2 N–H and O–H groups in total. The number of hydrogen-bond donors (Lipinski definition) is 2. The summed E-state index contributed by atoms with van der Waals surface area (Å²) in [6, 6.07) is -0.553. The van der Waals surface area contributed by atoms with E-state index < -0.39 is 17.8 Å². The average Bonchev–Trinajstić information content (AvgIpc) is 2.41. The molecule has 0 bridgehead atoms. The molecule has 1 heterocycles. The van der Waals surface area contributed by atoms with Crippen LogP contribution in [0.3, 0.4) is 0 Å². The van der Waals surface area contributed by atoms with Crippen molar-refractivity contribution >= 4 is 5.97 Å². The molecule has 1 aliphatic heterocycles. The Labute approximate surface area is 83.4 Å². The van der Waals surface area contributed by atoms with Gasteiger partial charge in [0.25, 0.3) is 0 Å². The monoisotopic (exact) mass is 203 g/mol. The van der Waals surface area contributed by atoms with Gasteiger partial charge in [-0.3, -0.25) is 4.79 Å². The largest absolute Gasteiger partial charge is 0.480 e. The van der Waals surface area contributed by atoms with E-state index in [1.807, 2.05) is 13.8 Å². The topological polar surface area (TPSA) is 67.8 Å². The Kier molecular flexibility index (Phi) is 3.47. The van der Waals surface area contributed by atoms with Crippen molar-refractivity contribution in [2.75, 3.05) is 13.2 Å². The van der Waals surface area contributed by atoms with Gasteiger partial charge in [0.1, 0.15) is 6.04 Å². The summed E-state index contributed by atoms with van der Waals surface area (Å²) in [5, 5.41) is 11.5. The van der Waals surface area contributed by atoms with Gasteiger partial charge in [0.05, 0.1) is 12.7 Å². The van der Waals surface area contributed by atoms with E-state index in [-0.39, 0.29) is 6.10 Å². The van der Waals surface area contributed by atoms with E-state index in [9.17, 15) is 4.79 Å². The summed E-state index contributed by atoms with van der Waals surface area (Å²) in [6.45, 7) is 6.29. The molecule has 2 atom stereocenters. The Morgan fingerprint density at radius 3 is 2.79 bits per heavy atom. The van der Waals surface area contributed by atoms with Crippen LogP contribution in [0.5, 0.6) is 0 Å². The molecule has 1 saturated heterocycles. The molecule has 0 saturated carbocycles. The van der Waals surface area contributed by atoms with Gasteiger partial charge in [-0.05, 0) is 20.8 Å². The molecule has 0 spiro atoms. The minimum absolute atomic E-state index is 0.0631. The third kappa shape index (κ3) is 3.25. The molecule has 82 valence electrons. The summed E-state index contributed by atoms with van der Waals surface area (Å²) in [4.78, 5) is 10.5. The van der Waals surface area contributed by atoms with Gasteiger partial charge in [-0.2, -0.15) is 0 Å². The van der Waals surface area contributed by atoms with Gasteiger partial charge in [-0.15, -0.1) is 0 Å². The molecule has 14 heavy (non-hydrogen) atoms. The Bertz CT molecular complexity index is 217. The fourth-order valence-electron chi connectivity index (χ4n) is 1.26. The summed E-state index contributed by atoms with van der Waals surface area (Å²) in [5.74, 6) is -1.40. The average molecular weight is 203 g/mol. The quantitative estimate of drug-likeness (QED) is 0.683. The van der Waals surface area contributed by atoms with Crippen molar-refractivity contribution in [1.82, 2.24) is 5.32 Å². The van der Waals surface area contributed by atoms with Gasteiger partial charge >= 0.3 is 5.97 Å². The molecule has 0 aliphatic carbocycles. The van der Waals surface area contributed by atoms with Crippen LogP contribution in [0.2, 0.25) is 0 Å². The second-order valence-corrected chi connectivity index (χ2v) is 3.92. The van der Waals surface area contributed by atoms with Crippen LogP contribution in [0.15, 0.2) is 0 Å². The third-order valence-corrected chi connectivity index (χ3v) is 2.09. The molecule has 1 aliphatic rings. The van der Waals surface area contributed by atoms with Crippen LogP contribution < -0.4 is 5.32 Å². The molecule has 0 amide bonds. The van der Waals surface area contributed by atoms with Gasteiger partial charge in [-0.25, -0.2) is 0 Å². The van der Waals surface area contributed by atoms with Crippen LogP contribution in [0.1, 0.15) is 20.8 Å². The molecule has 1 fully saturated rings. The molecule has 0 aromatic heterocycles. The van der Waals surface area contributed by atoms with Crippen molar-refractivity contribution in [3.63, 3.8) is 0 Å². The van der Waals surface area contributed by atoms with E-state index in [2.05, 4.69) is 5.32 Å². The zero-order chi connectivity index (χ0) is 10.8. The van der Waals surface area contributed by atoms with Gasteiger partial charge < -0.3 is 19.9 Å². The highest BCUT2D eigenvalue weighted by atomic mass is 16.7. The fraction of sp³-hybridized carbons (Fsp3) is 0.889. The lowest BCUT2D eigenvalue weighted by molar-refractivity contribution is -0.140. The Balaban J connectivity index is 2.24. The highest BCUT2D eigenvalue weighted by molar-refractivity contribution is 5.72. The maximum Gasteiger partial charge on any atom is 0.320 e. The number of nitrogens with one attached hydrogen (secondary N) is 1. The molecule has 1 rings (SSSR count). The number of carbonyl (C=O) groups is 1. The molecular formula is C9H17NO4. The molecule has 0 aromatic carbocycles. The first kappa shape index (κ1) is 11.4. The van der Waals surface area contributed by atoms with Crippen LogP contribution in [0.25, 0.3) is 0 Å². The lowest BCUT2D eigenvalue weighted by Crippen LogP contribution is -2.39. The first-order chi connectivity index (χ1) is 6.41. The Morgan fingerprint density at radius 1 is 1.71 bits per heavy atom. The number of rotatable bonds is 4. The highest BCUT2D eigenvalue weighted by Gasteiger charge is 2.32. The van der Waals surface area contributed by atoms with E-state index >= 15 is 0 Å². The van der Waals surface area contributed by atoms with Crippen molar-refractivity contribution in [2.24, 2.45) is 0 Å². The van der Waals surface area contributed by atoms with E-state index in [1.165, 1.54) is 0 Å². The Morgan fingerprint density at radius 2 is 2.36 bits per heavy atom. The number of carboxylic acids is 1. The summed E-state index contributed by atoms with van der Waals surface area (Å²) in [6.07, 6.45) is -0.0631. The predicted octanol–water partition coefficient (Wildman–Crippen LogP) is 0.201. The first-order valence-corrected chi connectivity index (χ1v) is 4.69. The minimum atomic E-state index is -0.858. The summed E-state index contributed by atoms with van der Waals surface area (Å²) < 4.78 is 10.8.